The van der Waals surface area contributed by atoms with E-state index in [1.807, 2.05) is 0 Å². The van der Waals surface area contributed by atoms with Crippen LogP contribution in [-0.4, -0.2) is 8.07 Å². The van der Waals surface area contributed by atoms with Gasteiger partial charge in [-0.2, -0.15) is 0 Å². The third-order valence-electron chi connectivity index (χ3n) is 14.8. The molecule has 0 saturated heterocycles. The van der Waals surface area contributed by atoms with Crippen LogP contribution in [0.3, 0.4) is 0 Å². The zero-order chi connectivity index (χ0) is 45.7. The lowest BCUT2D eigenvalue weighted by atomic mass is 9.68. The molecule has 2 aliphatic carbocycles. The van der Waals surface area contributed by atoms with Gasteiger partial charge in [-0.25, -0.2) is 0 Å². The van der Waals surface area contributed by atoms with Gasteiger partial charge in [-0.05, 0) is 155 Å². The fourth-order valence-electron chi connectivity index (χ4n) is 12.1. The Balaban J connectivity index is 1.12. The van der Waals surface area contributed by atoms with Crippen molar-refractivity contribution in [3.63, 3.8) is 0 Å². The number of rotatable bonds is 7. The van der Waals surface area contributed by atoms with Gasteiger partial charge in [0.1, 0.15) is 0 Å². The number of hydrogen-bond acceptors (Lipinski definition) is 2. The minimum atomic E-state index is -1.74. The van der Waals surface area contributed by atoms with Crippen LogP contribution in [0.2, 0.25) is 19.6 Å². The lowest BCUT2D eigenvalue weighted by Gasteiger charge is -2.34. The molecule has 13 rings (SSSR count). The maximum atomic E-state index is 2.49. The van der Waals surface area contributed by atoms with Crippen LogP contribution in [0, 0.1) is 6.92 Å². The summed E-state index contributed by atoms with van der Waals surface area (Å²) in [6.45, 7) is 9.56. The fourth-order valence-corrected chi connectivity index (χ4v) is 13.6. The normalized spacial score (nSPS) is 13.1. The molecule has 0 aromatic heterocycles. The van der Waals surface area contributed by atoms with E-state index in [9.17, 15) is 0 Å². The van der Waals surface area contributed by atoms with Crippen molar-refractivity contribution in [1.29, 1.82) is 0 Å². The van der Waals surface area contributed by atoms with E-state index >= 15 is 0 Å². The Labute approximate surface area is 400 Å². The standard InChI is InChI=1S/C65H50N2Si/c1-43-21-11-18-32-59(43)66(45-22-7-5-8-23-45)48-37-40-54-56(42-48)50-26-12-13-29-53(50)62-55-38-35-44-41-47(67(46-24-9-6-10-25-46)60-33-19-20-34-61(60)68(2,3)4)36-39-49(44)63(55)65(64(54)62)57-30-16-14-27-51(57)52-28-15-17-31-58(52)65/h5-42H,1-4H3. The third kappa shape index (κ3) is 5.82. The molecule has 11 aromatic rings. The predicted octanol–water partition coefficient (Wildman–Crippen LogP) is 17.3. The van der Waals surface area contributed by atoms with Crippen LogP contribution in [0.1, 0.15) is 27.8 Å². The van der Waals surface area contributed by atoms with Gasteiger partial charge < -0.3 is 9.80 Å². The molecule has 0 aliphatic heterocycles. The second-order valence-corrected chi connectivity index (χ2v) is 24.7. The summed E-state index contributed by atoms with van der Waals surface area (Å²) in [5.74, 6) is 0. The van der Waals surface area contributed by atoms with Gasteiger partial charge in [0, 0.05) is 34.1 Å². The number of anilines is 6. The molecule has 2 aliphatic rings. The van der Waals surface area contributed by atoms with Crippen molar-refractivity contribution in [1.82, 2.24) is 0 Å². The van der Waals surface area contributed by atoms with Gasteiger partial charge in [0.15, 0.2) is 0 Å². The van der Waals surface area contributed by atoms with Gasteiger partial charge in [0.05, 0.1) is 13.5 Å². The van der Waals surface area contributed by atoms with Crippen molar-refractivity contribution < 1.29 is 0 Å². The Hall–Kier alpha value is -7.98. The monoisotopic (exact) mass is 886 g/mol. The first-order valence-corrected chi connectivity index (χ1v) is 27.4. The van der Waals surface area contributed by atoms with E-state index in [1.165, 1.54) is 98.9 Å². The molecular formula is C65H50N2Si. The van der Waals surface area contributed by atoms with Gasteiger partial charge in [0.25, 0.3) is 0 Å². The highest BCUT2D eigenvalue weighted by molar-refractivity contribution is 6.89. The highest BCUT2D eigenvalue weighted by Gasteiger charge is 2.54. The summed E-state index contributed by atoms with van der Waals surface area (Å²) in [5.41, 5.74) is 18.4. The van der Waals surface area contributed by atoms with E-state index < -0.39 is 13.5 Å². The molecule has 2 nitrogen and oxygen atoms in total. The number of para-hydroxylation sites is 4. The lowest BCUT2D eigenvalue weighted by Crippen LogP contribution is -2.40. The van der Waals surface area contributed by atoms with E-state index in [1.54, 1.807) is 0 Å². The molecular weight excluding hydrogens is 837 g/mol. The van der Waals surface area contributed by atoms with Crippen molar-refractivity contribution in [3.05, 3.63) is 258 Å². The van der Waals surface area contributed by atoms with Gasteiger partial charge >= 0.3 is 0 Å². The smallest absolute Gasteiger partial charge is 0.0803 e. The maximum Gasteiger partial charge on any atom is 0.0803 e. The highest BCUT2D eigenvalue weighted by Crippen LogP contribution is 2.67. The molecule has 324 valence electrons. The summed E-state index contributed by atoms with van der Waals surface area (Å²) in [7, 11) is -1.74. The number of aryl methyl sites for hydroxylation is 1. The van der Waals surface area contributed by atoms with Crippen LogP contribution < -0.4 is 15.0 Å². The summed E-state index contributed by atoms with van der Waals surface area (Å²) in [4.78, 5) is 4.91. The summed E-state index contributed by atoms with van der Waals surface area (Å²) < 4.78 is 0. The SMILES string of the molecule is Cc1ccccc1N(c1ccccc1)c1ccc2c3c(c4ccccc4c2c1)-c1ccc2cc(N(c4ccccc4)c4ccccc4[Si](C)(C)C)ccc2c1C31c2ccccc2-c2ccccc21. The van der Waals surface area contributed by atoms with E-state index in [2.05, 4.69) is 267 Å². The topological polar surface area (TPSA) is 6.48 Å². The zero-order valence-corrected chi connectivity index (χ0v) is 39.8. The molecule has 0 heterocycles. The maximum absolute atomic E-state index is 2.49. The first kappa shape index (κ1) is 40.3. The average Bonchev–Trinajstić information content (AvgIpc) is 3.86. The minimum Gasteiger partial charge on any atom is -0.311 e. The molecule has 0 fully saturated rings. The molecule has 1 spiro atoms. The average molecular weight is 887 g/mol. The van der Waals surface area contributed by atoms with Crippen molar-refractivity contribution in [2.75, 3.05) is 9.80 Å². The van der Waals surface area contributed by atoms with Crippen LogP contribution in [0.4, 0.5) is 34.1 Å². The summed E-state index contributed by atoms with van der Waals surface area (Å²) in [6.07, 6.45) is 0. The fraction of sp³-hybridized carbons (Fsp3) is 0.0769. The molecule has 3 heteroatoms. The molecule has 0 bridgehead atoms. The van der Waals surface area contributed by atoms with Gasteiger partial charge in [-0.15, -0.1) is 0 Å². The van der Waals surface area contributed by atoms with Crippen LogP contribution in [-0.2, 0) is 5.41 Å². The van der Waals surface area contributed by atoms with E-state index in [-0.39, 0.29) is 0 Å². The molecule has 0 atom stereocenters. The van der Waals surface area contributed by atoms with Crippen LogP contribution >= 0.6 is 0 Å². The first-order chi connectivity index (χ1) is 33.3. The molecule has 0 saturated carbocycles. The molecule has 11 aromatic carbocycles. The largest absolute Gasteiger partial charge is 0.311 e. The van der Waals surface area contributed by atoms with Crippen molar-refractivity contribution in [3.8, 4) is 22.3 Å². The zero-order valence-electron chi connectivity index (χ0n) is 38.8. The number of fused-ring (bicyclic) bond motifs is 17. The van der Waals surface area contributed by atoms with Crippen molar-refractivity contribution in [2.24, 2.45) is 0 Å². The van der Waals surface area contributed by atoms with Gasteiger partial charge in [-0.3, -0.25) is 0 Å². The molecule has 0 radical (unpaired) electrons. The third-order valence-corrected chi connectivity index (χ3v) is 16.9. The predicted molar refractivity (Wildman–Crippen MR) is 292 cm³/mol. The van der Waals surface area contributed by atoms with E-state index in [0.29, 0.717) is 0 Å². The second kappa shape index (κ2) is 15.3. The van der Waals surface area contributed by atoms with Gasteiger partial charge in [-0.1, -0.05) is 189 Å². The van der Waals surface area contributed by atoms with Gasteiger partial charge in [0.2, 0.25) is 0 Å². The molecule has 68 heavy (non-hydrogen) atoms. The number of benzene rings is 11. The Bertz CT molecular complexity index is 3760. The van der Waals surface area contributed by atoms with Crippen molar-refractivity contribution >= 4 is 79.7 Å². The summed E-state index contributed by atoms with van der Waals surface area (Å²) >= 11 is 0. The van der Waals surface area contributed by atoms with E-state index in [4.69, 9.17) is 0 Å². The van der Waals surface area contributed by atoms with Crippen LogP contribution in [0.15, 0.2) is 231 Å². The summed E-state index contributed by atoms with van der Waals surface area (Å²) in [5, 5.41) is 9.04. The lowest BCUT2D eigenvalue weighted by molar-refractivity contribution is 0.809. The van der Waals surface area contributed by atoms with Crippen LogP contribution in [0.25, 0.3) is 54.6 Å². The van der Waals surface area contributed by atoms with Crippen molar-refractivity contribution in [2.45, 2.75) is 32.0 Å². The van der Waals surface area contributed by atoms with Crippen LogP contribution in [0.5, 0.6) is 0 Å². The molecule has 0 unspecified atom stereocenters. The number of nitrogens with zero attached hydrogens (tertiary/aromatic N) is 2. The second-order valence-electron chi connectivity index (χ2n) is 19.7. The first-order valence-electron chi connectivity index (χ1n) is 23.9. The Morgan fingerprint density at radius 3 is 1.54 bits per heavy atom. The molecule has 0 N–H and O–H groups in total. The quantitative estimate of drug-likeness (QED) is 0.116. The Morgan fingerprint density at radius 1 is 0.353 bits per heavy atom. The van der Waals surface area contributed by atoms with E-state index in [0.717, 1.165) is 22.7 Å². The Kier molecular flexibility index (Phi) is 9.06. The number of hydrogen-bond donors (Lipinski definition) is 0. The Morgan fingerprint density at radius 2 is 0.882 bits per heavy atom. The minimum absolute atomic E-state index is 0.582. The molecule has 0 amide bonds. The summed E-state index contributed by atoms with van der Waals surface area (Å²) in [6, 6.07) is 86.5. The highest BCUT2D eigenvalue weighted by atomic mass is 28.3.